The Labute approximate surface area is 119 Å². The summed E-state index contributed by atoms with van der Waals surface area (Å²) < 4.78 is 5.19. The molecule has 19 heavy (non-hydrogen) atoms. The standard InChI is InChI=1S/C17H17ClO/c1-19-15-9-7-13(8-10-15)16(18)17(11-12-17)14-5-3-2-4-6-14/h2-10,16H,11-12H2,1H3. The van der Waals surface area contributed by atoms with Crippen molar-refractivity contribution in [2.24, 2.45) is 0 Å². The average molecular weight is 273 g/mol. The summed E-state index contributed by atoms with van der Waals surface area (Å²) in [6.45, 7) is 0. The van der Waals surface area contributed by atoms with E-state index in [1.54, 1.807) is 7.11 Å². The summed E-state index contributed by atoms with van der Waals surface area (Å²) in [6.07, 6.45) is 2.33. The second kappa shape index (κ2) is 4.90. The number of methoxy groups -OCH3 is 1. The summed E-state index contributed by atoms with van der Waals surface area (Å²) in [4.78, 5) is 0. The Kier molecular flexibility index (Phi) is 3.24. The Morgan fingerprint density at radius 2 is 1.63 bits per heavy atom. The molecule has 3 rings (SSSR count). The molecule has 98 valence electrons. The van der Waals surface area contributed by atoms with Crippen LogP contribution in [-0.4, -0.2) is 7.11 Å². The molecule has 0 heterocycles. The fourth-order valence-electron chi connectivity index (χ4n) is 2.69. The van der Waals surface area contributed by atoms with Crippen LogP contribution in [0.1, 0.15) is 29.3 Å². The Balaban J connectivity index is 1.89. The van der Waals surface area contributed by atoms with Crippen molar-refractivity contribution in [3.8, 4) is 5.75 Å². The SMILES string of the molecule is COc1ccc(C(Cl)C2(c3ccccc3)CC2)cc1. The van der Waals surface area contributed by atoms with Crippen LogP contribution in [0.5, 0.6) is 5.75 Å². The molecule has 0 radical (unpaired) electrons. The highest BCUT2D eigenvalue weighted by Gasteiger charge is 2.50. The van der Waals surface area contributed by atoms with Crippen molar-refractivity contribution in [3.05, 3.63) is 65.7 Å². The van der Waals surface area contributed by atoms with Crippen molar-refractivity contribution in [1.29, 1.82) is 0 Å². The summed E-state index contributed by atoms with van der Waals surface area (Å²) in [7, 11) is 1.68. The number of hydrogen-bond donors (Lipinski definition) is 0. The predicted molar refractivity (Wildman–Crippen MR) is 78.9 cm³/mol. The van der Waals surface area contributed by atoms with Crippen LogP contribution in [0.15, 0.2) is 54.6 Å². The molecule has 2 heteroatoms. The van der Waals surface area contributed by atoms with Gasteiger partial charge in [0.25, 0.3) is 0 Å². The van der Waals surface area contributed by atoms with Crippen molar-refractivity contribution in [2.75, 3.05) is 7.11 Å². The Hall–Kier alpha value is -1.47. The Morgan fingerprint density at radius 3 is 2.16 bits per heavy atom. The fourth-order valence-corrected chi connectivity index (χ4v) is 3.17. The van der Waals surface area contributed by atoms with Crippen LogP contribution in [0.4, 0.5) is 0 Å². The zero-order valence-corrected chi connectivity index (χ0v) is 11.7. The van der Waals surface area contributed by atoms with Gasteiger partial charge in [0.05, 0.1) is 12.5 Å². The van der Waals surface area contributed by atoms with E-state index in [0.717, 1.165) is 18.6 Å². The molecule has 2 aromatic rings. The van der Waals surface area contributed by atoms with E-state index in [0.29, 0.717) is 0 Å². The third-order valence-electron chi connectivity index (χ3n) is 4.03. The molecule has 2 aromatic carbocycles. The zero-order chi connectivity index (χ0) is 13.3. The van der Waals surface area contributed by atoms with Gasteiger partial charge in [-0.25, -0.2) is 0 Å². The highest BCUT2D eigenvalue weighted by Crippen LogP contribution is 2.59. The smallest absolute Gasteiger partial charge is 0.118 e. The van der Waals surface area contributed by atoms with Gasteiger partial charge in [0, 0.05) is 5.41 Å². The first kappa shape index (κ1) is 12.6. The molecule has 1 aliphatic carbocycles. The second-order valence-electron chi connectivity index (χ2n) is 5.16. The van der Waals surface area contributed by atoms with Gasteiger partial charge in [-0.3, -0.25) is 0 Å². The van der Waals surface area contributed by atoms with Gasteiger partial charge in [-0.15, -0.1) is 11.6 Å². The lowest BCUT2D eigenvalue weighted by molar-refractivity contribution is 0.414. The van der Waals surface area contributed by atoms with Crippen molar-refractivity contribution in [2.45, 2.75) is 23.6 Å². The van der Waals surface area contributed by atoms with E-state index in [9.17, 15) is 0 Å². The number of alkyl halides is 1. The number of halogens is 1. The maximum Gasteiger partial charge on any atom is 0.118 e. The predicted octanol–water partition coefficient (Wildman–Crippen LogP) is 4.71. The first-order valence-electron chi connectivity index (χ1n) is 6.60. The maximum atomic E-state index is 6.75. The van der Waals surface area contributed by atoms with Crippen LogP contribution in [0.25, 0.3) is 0 Å². The minimum atomic E-state index is 0.0285. The van der Waals surface area contributed by atoms with E-state index in [-0.39, 0.29) is 10.8 Å². The molecule has 0 aliphatic heterocycles. The van der Waals surface area contributed by atoms with E-state index in [1.165, 1.54) is 11.1 Å². The first-order chi connectivity index (χ1) is 9.26. The minimum absolute atomic E-state index is 0.0285. The van der Waals surface area contributed by atoms with Gasteiger partial charge < -0.3 is 4.74 Å². The van der Waals surface area contributed by atoms with Crippen LogP contribution in [0.2, 0.25) is 0 Å². The zero-order valence-electron chi connectivity index (χ0n) is 11.0. The summed E-state index contributed by atoms with van der Waals surface area (Å²) in [5.74, 6) is 0.872. The third-order valence-corrected chi connectivity index (χ3v) is 4.70. The number of benzene rings is 2. The summed E-state index contributed by atoms with van der Waals surface area (Å²) in [5, 5.41) is 0.0285. The quantitative estimate of drug-likeness (QED) is 0.733. The number of hydrogen-bond acceptors (Lipinski definition) is 1. The largest absolute Gasteiger partial charge is 0.497 e. The topological polar surface area (TPSA) is 9.23 Å². The molecule has 0 N–H and O–H groups in total. The summed E-state index contributed by atoms with van der Waals surface area (Å²) in [6, 6.07) is 18.7. The molecule has 0 amide bonds. The van der Waals surface area contributed by atoms with Crippen molar-refractivity contribution < 1.29 is 4.74 Å². The lowest BCUT2D eigenvalue weighted by Crippen LogP contribution is -2.13. The molecule has 1 aliphatic rings. The van der Waals surface area contributed by atoms with Crippen molar-refractivity contribution >= 4 is 11.6 Å². The van der Waals surface area contributed by atoms with Gasteiger partial charge in [0.15, 0.2) is 0 Å². The molecule has 0 aromatic heterocycles. The molecule has 1 atom stereocenters. The second-order valence-corrected chi connectivity index (χ2v) is 5.59. The normalized spacial score (nSPS) is 17.8. The molecular formula is C17H17ClO. The number of rotatable bonds is 4. The van der Waals surface area contributed by atoms with Crippen LogP contribution < -0.4 is 4.74 Å². The highest BCUT2D eigenvalue weighted by molar-refractivity contribution is 6.22. The van der Waals surface area contributed by atoms with Gasteiger partial charge in [-0.2, -0.15) is 0 Å². The average Bonchev–Trinajstić information content (AvgIpc) is 3.29. The van der Waals surface area contributed by atoms with Gasteiger partial charge >= 0.3 is 0 Å². The van der Waals surface area contributed by atoms with Gasteiger partial charge in [0.1, 0.15) is 5.75 Å². The van der Waals surface area contributed by atoms with Crippen LogP contribution in [0.3, 0.4) is 0 Å². The molecule has 0 saturated heterocycles. The summed E-state index contributed by atoms with van der Waals surface area (Å²) in [5.41, 5.74) is 2.65. The van der Waals surface area contributed by atoms with E-state index in [4.69, 9.17) is 16.3 Å². The van der Waals surface area contributed by atoms with Crippen LogP contribution in [-0.2, 0) is 5.41 Å². The summed E-state index contributed by atoms with van der Waals surface area (Å²) >= 11 is 6.75. The maximum absolute atomic E-state index is 6.75. The van der Waals surface area contributed by atoms with E-state index in [2.05, 4.69) is 42.5 Å². The molecule has 0 spiro atoms. The Bertz CT molecular complexity index is 543. The molecule has 1 fully saturated rings. The monoisotopic (exact) mass is 272 g/mol. The lowest BCUT2D eigenvalue weighted by atomic mass is 9.88. The van der Waals surface area contributed by atoms with E-state index >= 15 is 0 Å². The van der Waals surface area contributed by atoms with Crippen molar-refractivity contribution in [1.82, 2.24) is 0 Å². The van der Waals surface area contributed by atoms with E-state index < -0.39 is 0 Å². The molecule has 1 nitrogen and oxygen atoms in total. The van der Waals surface area contributed by atoms with Crippen LogP contribution in [0, 0.1) is 0 Å². The molecule has 1 unspecified atom stereocenters. The number of ether oxygens (including phenoxy) is 1. The molecule has 1 saturated carbocycles. The van der Waals surface area contributed by atoms with Gasteiger partial charge in [0.2, 0.25) is 0 Å². The molecular weight excluding hydrogens is 256 g/mol. The van der Waals surface area contributed by atoms with Crippen LogP contribution >= 0.6 is 11.6 Å². The first-order valence-corrected chi connectivity index (χ1v) is 7.03. The third kappa shape index (κ3) is 2.23. The van der Waals surface area contributed by atoms with Gasteiger partial charge in [-0.1, -0.05) is 42.5 Å². The molecule has 0 bridgehead atoms. The fraction of sp³-hybridized carbons (Fsp3) is 0.294. The van der Waals surface area contributed by atoms with Gasteiger partial charge in [-0.05, 0) is 36.1 Å². The minimum Gasteiger partial charge on any atom is -0.497 e. The van der Waals surface area contributed by atoms with E-state index in [1.807, 2.05) is 12.1 Å². The highest BCUT2D eigenvalue weighted by atomic mass is 35.5. The lowest BCUT2D eigenvalue weighted by Gasteiger charge is -2.22. The van der Waals surface area contributed by atoms with Crippen molar-refractivity contribution in [3.63, 3.8) is 0 Å². The Morgan fingerprint density at radius 1 is 1.00 bits per heavy atom.